The Bertz CT molecular complexity index is 856. The van der Waals surface area contributed by atoms with E-state index >= 15 is 0 Å². The Morgan fingerprint density at radius 1 is 1.31 bits per heavy atom. The van der Waals surface area contributed by atoms with Crippen LogP contribution in [0.1, 0.15) is 54.0 Å². The molecule has 1 atom stereocenters. The maximum atomic E-state index is 12.9. The van der Waals surface area contributed by atoms with Crippen molar-refractivity contribution in [2.24, 2.45) is 0 Å². The van der Waals surface area contributed by atoms with Crippen LogP contribution in [0.4, 0.5) is 0 Å². The van der Waals surface area contributed by atoms with Crippen molar-refractivity contribution in [2.45, 2.75) is 52.0 Å². The zero-order valence-electron chi connectivity index (χ0n) is 15.8. The predicted octanol–water partition coefficient (Wildman–Crippen LogP) is 2.74. The molecule has 1 aliphatic carbocycles. The molecule has 1 aromatic heterocycles. The molecule has 6 nitrogen and oxygen atoms in total. The van der Waals surface area contributed by atoms with Gasteiger partial charge in [-0.15, -0.1) is 0 Å². The summed E-state index contributed by atoms with van der Waals surface area (Å²) in [7, 11) is 1.33. The highest BCUT2D eigenvalue weighted by Gasteiger charge is 2.36. The van der Waals surface area contributed by atoms with Crippen LogP contribution < -0.4 is 5.32 Å². The van der Waals surface area contributed by atoms with Crippen molar-refractivity contribution in [3.05, 3.63) is 46.8 Å². The van der Waals surface area contributed by atoms with Crippen LogP contribution in [-0.2, 0) is 22.4 Å². The number of ether oxygens (including phenoxy) is 1. The molecule has 0 saturated heterocycles. The molecule has 6 heteroatoms. The molecule has 1 unspecified atom stereocenters. The average Bonchev–Trinajstić information content (AvgIpc) is 3.24. The van der Waals surface area contributed by atoms with Crippen molar-refractivity contribution in [2.75, 3.05) is 7.11 Å². The first-order valence-corrected chi connectivity index (χ1v) is 8.99. The van der Waals surface area contributed by atoms with Crippen LogP contribution in [0.3, 0.4) is 0 Å². The number of hydrogen-bond acceptors (Lipinski definition) is 4. The summed E-state index contributed by atoms with van der Waals surface area (Å²) in [5.41, 5.74) is 3.49. The molecule has 1 amide bonds. The number of carbonyl (C=O) groups excluding carboxylic acids is 2. The minimum Gasteiger partial charge on any atom is -0.467 e. The number of esters is 1. The number of aryl methyl sites for hydroxylation is 1. The molecule has 26 heavy (non-hydrogen) atoms. The van der Waals surface area contributed by atoms with E-state index in [-0.39, 0.29) is 5.91 Å². The van der Waals surface area contributed by atoms with Gasteiger partial charge in [0.25, 0.3) is 5.91 Å². The number of benzene rings is 1. The first-order chi connectivity index (χ1) is 12.4. The Morgan fingerprint density at radius 3 is 2.69 bits per heavy atom. The number of nitrogens with one attached hydrogen (secondary N) is 1. The predicted molar refractivity (Wildman–Crippen MR) is 98.5 cm³/mol. The smallest absolute Gasteiger partial charge is 0.331 e. The van der Waals surface area contributed by atoms with Gasteiger partial charge in [0.2, 0.25) is 0 Å². The third-order valence-corrected chi connectivity index (χ3v) is 5.22. The summed E-state index contributed by atoms with van der Waals surface area (Å²) >= 11 is 0. The van der Waals surface area contributed by atoms with Gasteiger partial charge in [-0.25, -0.2) is 9.48 Å². The molecular weight excluding hydrogens is 330 g/mol. The van der Waals surface area contributed by atoms with Gasteiger partial charge in [-0.05, 0) is 51.2 Å². The molecule has 3 rings (SSSR count). The normalized spacial score (nSPS) is 15.2. The number of rotatable bonds is 5. The summed E-state index contributed by atoms with van der Waals surface area (Å²) in [6.07, 6.45) is 3.16. The largest absolute Gasteiger partial charge is 0.467 e. The lowest BCUT2D eigenvalue weighted by atomic mass is 9.98. The quantitative estimate of drug-likeness (QED) is 0.837. The van der Waals surface area contributed by atoms with Crippen molar-refractivity contribution < 1.29 is 14.3 Å². The average molecular weight is 355 g/mol. The molecule has 1 aromatic carbocycles. The number of hydrogen-bond donors (Lipinski definition) is 1. The van der Waals surface area contributed by atoms with Crippen LogP contribution in [0.25, 0.3) is 5.69 Å². The van der Waals surface area contributed by atoms with Crippen molar-refractivity contribution >= 4 is 11.9 Å². The summed E-state index contributed by atoms with van der Waals surface area (Å²) in [6, 6.07) is 7.99. The minimum absolute atomic E-state index is 0.328. The highest BCUT2D eigenvalue weighted by Crippen LogP contribution is 2.29. The highest BCUT2D eigenvalue weighted by atomic mass is 16.5. The van der Waals surface area contributed by atoms with E-state index in [1.165, 1.54) is 7.11 Å². The minimum atomic E-state index is -1.07. The van der Waals surface area contributed by atoms with Crippen molar-refractivity contribution in [1.82, 2.24) is 15.1 Å². The molecule has 1 N–H and O–H groups in total. The van der Waals surface area contributed by atoms with Gasteiger partial charge in [0.1, 0.15) is 5.54 Å². The maximum absolute atomic E-state index is 12.9. The van der Waals surface area contributed by atoms with Crippen LogP contribution in [0.5, 0.6) is 0 Å². The number of para-hydroxylation sites is 1. The Morgan fingerprint density at radius 2 is 2.04 bits per heavy atom. The standard InChI is InChI=1S/C20H25N3O3/c1-5-20(3,19(25)26-4)21-18(24)17-14-10-8-12-16(14)23(22-17)15-11-7-6-9-13(15)2/h6-7,9,11H,5,8,10,12H2,1-4H3,(H,21,24). The fraction of sp³-hybridized carbons (Fsp3) is 0.450. The fourth-order valence-corrected chi connectivity index (χ4v) is 3.44. The lowest BCUT2D eigenvalue weighted by Gasteiger charge is -2.26. The second-order valence-electron chi connectivity index (χ2n) is 6.96. The van der Waals surface area contributed by atoms with Crippen LogP contribution >= 0.6 is 0 Å². The second kappa shape index (κ2) is 6.94. The van der Waals surface area contributed by atoms with Crippen LogP contribution in [0.2, 0.25) is 0 Å². The first-order valence-electron chi connectivity index (χ1n) is 8.99. The Labute approximate surface area is 153 Å². The van der Waals surface area contributed by atoms with Crippen molar-refractivity contribution in [3.8, 4) is 5.69 Å². The Hall–Kier alpha value is -2.63. The number of aromatic nitrogens is 2. The van der Waals surface area contributed by atoms with E-state index in [0.29, 0.717) is 12.1 Å². The number of amides is 1. The molecule has 0 radical (unpaired) electrons. The van der Waals surface area contributed by atoms with Gasteiger partial charge in [0.15, 0.2) is 5.69 Å². The molecule has 0 aliphatic heterocycles. The highest BCUT2D eigenvalue weighted by molar-refractivity contribution is 5.98. The van der Waals surface area contributed by atoms with E-state index in [1.807, 2.05) is 42.8 Å². The molecule has 1 aliphatic rings. The molecule has 0 bridgehead atoms. The molecule has 138 valence electrons. The fourth-order valence-electron chi connectivity index (χ4n) is 3.44. The molecule has 1 heterocycles. The monoisotopic (exact) mass is 355 g/mol. The second-order valence-corrected chi connectivity index (χ2v) is 6.96. The maximum Gasteiger partial charge on any atom is 0.331 e. The zero-order valence-corrected chi connectivity index (χ0v) is 15.8. The Balaban J connectivity index is 1.99. The summed E-state index contributed by atoms with van der Waals surface area (Å²) in [4.78, 5) is 25.0. The first kappa shape index (κ1) is 18.2. The number of nitrogens with zero attached hydrogens (tertiary/aromatic N) is 2. The van der Waals surface area contributed by atoms with Crippen LogP contribution in [0.15, 0.2) is 24.3 Å². The van der Waals surface area contributed by atoms with Gasteiger partial charge in [-0.1, -0.05) is 25.1 Å². The van der Waals surface area contributed by atoms with Gasteiger partial charge in [0, 0.05) is 11.3 Å². The summed E-state index contributed by atoms with van der Waals surface area (Å²) in [5, 5.41) is 7.45. The SMILES string of the molecule is CCC(C)(NC(=O)c1nn(-c2ccccc2C)c2c1CCC2)C(=O)OC. The molecule has 0 fully saturated rings. The van der Waals surface area contributed by atoms with Gasteiger partial charge in [0.05, 0.1) is 12.8 Å². The summed E-state index contributed by atoms with van der Waals surface area (Å²) in [5.74, 6) is -0.784. The van der Waals surface area contributed by atoms with Crippen molar-refractivity contribution in [1.29, 1.82) is 0 Å². The molecule has 2 aromatic rings. The Kier molecular flexibility index (Phi) is 4.85. The molecule has 0 saturated carbocycles. The number of carbonyl (C=O) groups is 2. The van der Waals surface area contributed by atoms with E-state index < -0.39 is 11.5 Å². The molecular formula is C20H25N3O3. The lowest BCUT2D eigenvalue weighted by Crippen LogP contribution is -2.52. The van der Waals surface area contributed by atoms with Crippen LogP contribution in [0, 0.1) is 6.92 Å². The van der Waals surface area contributed by atoms with Gasteiger partial charge in [-0.2, -0.15) is 5.10 Å². The molecule has 0 spiro atoms. The van der Waals surface area contributed by atoms with Gasteiger partial charge < -0.3 is 10.1 Å². The zero-order chi connectivity index (χ0) is 18.9. The van der Waals surface area contributed by atoms with Gasteiger partial charge in [-0.3, -0.25) is 4.79 Å². The van der Waals surface area contributed by atoms with E-state index in [9.17, 15) is 9.59 Å². The lowest BCUT2D eigenvalue weighted by molar-refractivity contribution is -0.147. The summed E-state index contributed by atoms with van der Waals surface area (Å²) < 4.78 is 6.73. The number of fused-ring (bicyclic) bond motifs is 1. The van der Waals surface area contributed by atoms with Gasteiger partial charge >= 0.3 is 5.97 Å². The van der Waals surface area contributed by atoms with E-state index in [2.05, 4.69) is 10.4 Å². The summed E-state index contributed by atoms with van der Waals surface area (Å²) in [6.45, 7) is 5.55. The third-order valence-electron chi connectivity index (χ3n) is 5.22. The van der Waals surface area contributed by atoms with E-state index in [4.69, 9.17) is 4.74 Å². The third kappa shape index (κ3) is 3.00. The van der Waals surface area contributed by atoms with Crippen molar-refractivity contribution in [3.63, 3.8) is 0 Å². The van der Waals surface area contributed by atoms with Crippen LogP contribution in [-0.4, -0.2) is 34.3 Å². The van der Waals surface area contributed by atoms with E-state index in [0.717, 1.165) is 41.8 Å². The van der Waals surface area contributed by atoms with E-state index in [1.54, 1.807) is 6.92 Å². The topological polar surface area (TPSA) is 73.2 Å². The number of methoxy groups -OCH3 is 1.